The molecule has 7 unspecified atom stereocenters. The maximum absolute atomic E-state index is 13.0. The topological polar surface area (TPSA) is 149 Å². The van der Waals surface area contributed by atoms with E-state index in [2.05, 4.69) is 177 Å². The highest BCUT2D eigenvalue weighted by atomic mass is 16.7. The van der Waals surface area contributed by atoms with E-state index in [9.17, 15) is 30.3 Å². The van der Waals surface area contributed by atoms with Crippen LogP contribution in [0.5, 0.6) is 0 Å². The molecule has 9 nitrogen and oxygen atoms in total. The third-order valence-corrected chi connectivity index (χ3v) is 12.8. The fourth-order valence-electron chi connectivity index (χ4n) is 8.09. The van der Waals surface area contributed by atoms with Crippen LogP contribution < -0.4 is 5.32 Å². The fourth-order valence-corrected chi connectivity index (χ4v) is 8.09. The van der Waals surface area contributed by atoms with Crippen LogP contribution in [0.25, 0.3) is 0 Å². The van der Waals surface area contributed by atoms with Crippen molar-refractivity contribution in [2.75, 3.05) is 13.2 Å². The molecule has 0 bridgehead atoms. The molecule has 1 saturated heterocycles. The summed E-state index contributed by atoms with van der Waals surface area (Å²) in [6, 6.07) is -0.858. The van der Waals surface area contributed by atoms with Gasteiger partial charge in [0, 0.05) is 6.42 Å². The van der Waals surface area contributed by atoms with Crippen molar-refractivity contribution in [1.29, 1.82) is 0 Å². The van der Waals surface area contributed by atoms with Crippen molar-refractivity contribution in [2.24, 2.45) is 0 Å². The largest absolute Gasteiger partial charge is 0.394 e. The van der Waals surface area contributed by atoms with E-state index in [1.807, 2.05) is 6.08 Å². The molecule has 9 heteroatoms. The summed E-state index contributed by atoms with van der Waals surface area (Å²) in [4.78, 5) is 13.0. The lowest BCUT2D eigenvalue weighted by Crippen LogP contribution is -2.60. The second-order valence-electron chi connectivity index (χ2n) is 19.7. The number of hydrogen-bond donors (Lipinski definition) is 6. The Bertz CT molecular complexity index is 1810. The number of aliphatic hydroxyl groups excluding tert-OH is 5. The zero-order chi connectivity index (χ0) is 55.8. The maximum Gasteiger partial charge on any atom is 0.220 e. The van der Waals surface area contributed by atoms with Gasteiger partial charge in [-0.1, -0.05) is 235 Å². The molecule has 77 heavy (non-hydrogen) atoms. The number of allylic oxidation sites excluding steroid dienone is 27. The Morgan fingerprint density at radius 2 is 0.818 bits per heavy atom. The highest BCUT2D eigenvalue weighted by Gasteiger charge is 2.44. The van der Waals surface area contributed by atoms with Crippen LogP contribution in [0.4, 0.5) is 0 Å². The van der Waals surface area contributed by atoms with Crippen LogP contribution in [0.2, 0.25) is 0 Å². The number of rotatable bonds is 48. The molecule has 0 saturated carbocycles. The van der Waals surface area contributed by atoms with Crippen molar-refractivity contribution in [3.05, 3.63) is 170 Å². The van der Waals surface area contributed by atoms with Gasteiger partial charge in [0.1, 0.15) is 24.4 Å². The second-order valence-corrected chi connectivity index (χ2v) is 19.7. The van der Waals surface area contributed by atoms with Crippen LogP contribution in [0.3, 0.4) is 0 Å². The molecule has 1 aliphatic rings. The van der Waals surface area contributed by atoms with E-state index in [1.165, 1.54) is 57.8 Å². The van der Waals surface area contributed by atoms with Gasteiger partial charge in [-0.2, -0.15) is 0 Å². The van der Waals surface area contributed by atoms with Gasteiger partial charge >= 0.3 is 0 Å². The Labute approximate surface area is 468 Å². The molecule has 1 fully saturated rings. The molecule has 0 aromatic carbocycles. The molecule has 0 radical (unpaired) electrons. The number of ether oxygens (including phenoxy) is 2. The highest BCUT2D eigenvalue weighted by Crippen LogP contribution is 2.22. The van der Waals surface area contributed by atoms with Crippen LogP contribution in [0.15, 0.2) is 170 Å². The molecule has 7 atom stereocenters. The van der Waals surface area contributed by atoms with E-state index < -0.39 is 49.5 Å². The zero-order valence-electron chi connectivity index (χ0n) is 47.9. The van der Waals surface area contributed by atoms with Gasteiger partial charge in [0.15, 0.2) is 6.29 Å². The average Bonchev–Trinajstić information content (AvgIpc) is 3.43. The summed E-state index contributed by atoms with van der Waals surface area (Å²) in [5.41, 5.74) is 0. The summed E-state index contributed by atoms with van der Waals surface area (Å²) in [7, 11) is 0. The van der Waals surface area contributed by atoms with Gasteiger partial charge in [0.05, 0.1) is 25.4 Å². The summed E-state index contributed by atoms with van der Waals surface area (Å²) in [6.45, 7) is 3.59. The number of amides is 1. The van der Waals surface area contributed by atoms with Crippen molar-refractivity contribution in [2.45, 2.75) is 236 Å². The number of hydrogen-bond acceptors (Lipinski definition) is 8. The van der Waals surface area contributed by atoms with E-state index >= 15 is 0 Å². The first-order valence-corrected chi connectivity index (χ1v) is 29.9. The molecular formula is C68H107NO8. The first-order chi connectivity index (χ1) is 37.8. The van der Waals surface area contributed by atoms with Gasteiger partial charge < -0.3 is 40.3 Å². The van der Waals surface area contributed by atoms with Crippen LogP contribution >= 0.6 is 0 Å². The van der Waals surface area contributed by atoms with Crippen molar-refractivity contribution in [3.63, 3.8) is 0 Å². The minimum atomic E-state index is -1.59. The number of nitrogens with one attached hydrogen (secondary N) is 1. The van der Waals surface area contributed by atoms with Crippen LogP contribution in [-0.2, 0) is 14.3 Å². The minimum Gasteiger partial charge on any atom is -0.394 e. The lowest BCUT2D eigenvalue weighted by atomic mass is 9.99. The smallest absolute Gasteiger partial charge is 0.220 e. The lowest BCUT2D eigenvalue weighted by molar-refractivity contribution is -0.302. The number of unbranched alkanes of at least 4 members (excludes halogenated alkanes) is 12. The fraction of sp³-hybridized carbons (Fsp3) is 0.574. The Morgan fingerprint density at radius 1 is 0.455 bits per heavy atom. The van der Waals surface area contributed by atoms with Gasteiger partial charge in [-0.15, -0.1) is 0 Å². The van der Waals surface area contributed by atoms with Crippen LogP contribution in [0.1, 0.15) is 194 Å². The number of aliphatic hydroxyl groups is 5. The Morgan fingerprint density at radius 3 is 1.25 bits per heavy atom. The molecule has 0 aromatic rings. The molecule has 0 spiro atoms. The molecule has 6 N–H and O–H groups in total. The van der Waals surface area contributed by atoms with Crippen molar-refractivity contribution >= 4 is 5.91 Å². The molecular weight excluding hydrogens is 959 g/mol. The van der Waals surface area contributed by atoms with E-state index in [4.69, 9.17) is 9.47 Å². The number of carbonyl (C=O) groups excluding carboxylic acids is 1. The van der Waals surface area contributed by atoms with Crippen molar-refractivity contribution < 1.29 is 39.8 Å². The average molecular weight is 1070 g/mol. The quantitative estimate of drug-likeness (QED) is 0.0261. The van der Waals surface area contributed by atoms with Crippen LogP contribution in [-0.4, -0.2) is 87.5 Å². The third-order valence-electron chi connectivity index (χ3n) is 12.8. The number of carbonyl (C=O) groups is 1. The Kier molecular flexibility index (Phi) is 50.3. The summed E-state index contributed by atoms with van der Waals surface area (Å²) in [6.07, 6.45) is 81.4. The van der Waals surface area contributed by atoms with Gasteiger partial charge in [-0.05, 0) is 122 Å². The van der Waals surface area contributed by atoms with E-state index in [-0.39, 0.29) is 18.9 Å². The lowest BCUT2D eigenvalue weighted by Gasteiger charge is -2.40. The predicted octanol–water partition coefficient (Wildman–Crippen LogP) is 15.4. The van der Waals surface area contributed by atoms with E-state index in [0.29, 0.717) is 6.42 Å². The maximum atomic E-state index is 13.0. The monoisotopic (exact) mass is 1070 g/mol. The molecule has 432 valence electrons. The van der Waals surface area contributed by atoms with Gasteiger partial charge in [-0.25, -0.2) is 0 Å². The molecule has 0 aliphatic carbocycles. The molecule has 1 aliphatic heterocycles. The first kappa shape index (κ1) is 70.6. The summed E-state index contributed by atoms with van der Waals surface area (Å²) in [5, 5.41) is 54.4. The summed E-state index contributed by atoms with van der Waals surface area (Å²) in [5.74, 6) is -0.237. The molecule has 1 rings (SSSR count). The van der Waals surface area contributed by atoms with Gasteiger partial charge in [0.25, 0.3) is 0 Å². The van der Waals surface area contributed by atoms with Crippen molar-refractivity contribution in [3.8, 4) is 0 Å². The molecule has 1 heterocycles. The minimum absolute atomic E-state index is 0.230. The SMILES string of the molecule is CC/C=C\C/C=C\C/C=C\C/C=C\C/C=C\C/C=C\C/C=C\C/C=C\C/C=C\C/C=C\C/C=C\C/C=C\CCCCC(=O)NC(COC1OC(CO)C(O)C(O)C1O)C(O)/C=C/CC/C=C/CCCCCCCCCCC. The molecule has 0 aromatic heterocycles. The highest BCUT2D eigenvalue weighted by molar-refractivity contribution is 5.76. The summed E-state index contributed by atoms with van der Waals surface area (Å²) < 4.78 is 11.2. The normalized spacial score (nSPS) is 20.0. The Balaban J connectivity index is 2.25. The third kappa shape index (κ3) is 44.1. The molecule has 1 amide bonds. The van der Waals surface area contributed by atoms with Gasteiger partial charge in [-0.3, -0.25) is 4.79 Å². The van der Waals surface area contributed by atoms with Gasteiger partial charge in [0.2, 0.25) is 5.91 Å². The van der Waals surface area contributed by atoms with E-state index in [0.717, 1.165) is 109 Å². The zero-order valence-corrected chi connectivity index (χ0v) is 47.9. The van der Waals surface area contributed by atoms with E-state index in [1.54, 1.807) is 6.08 Å². The second kappa shape index (κ2) is 54.9. The van der Waals surface area contributed by atoms with Crippen molar-refractivity contribution in [1.82, 2.24) is 5.32 Å². The standard InChI is InChI=1S/C68H107NO8/c1-3-5-7-9-11-13-15-17-19-20-21-22-23-24-25-26-27-28-29-30-31-32-33-34-35-36-37-38-39-40-41-42-44-46-48-50-52-54-56-58-64(72)69-61(60-76-68-67(75)66(74)65(73)63(59-70)77-68)62(71)57-55-53-51-49-47-45-43-18-16-14-12-10-8-6-4-2/h5,7,11,13,17,19,21-22,24-25,27-28,30-31,33-34,36-37,39-40,42,44,47-50,55,57,61-63,65-68,70-71,73-75H,3-4,6,8-10,12,14-16,18,20,23,26,29,32,35,38,41,43,45-46,51-54,56,58-60H2,1-2H3,(H,69,72)/b7-5-,13-11-,19-17-,22-21-,25-24-,28-27-,31-30-,34-33-,37-36-,40-39-,44-42-,49-47+,50-48-,57-55+. The first-order valence-electron chi connectivity index (χ1n) is 29.9. The Hall–Kier alpha value is -4.45. The summed E-state index contributed by atoms with van der Waals surface area (Å²) >= 11 is 0. The van der Waals surface area contributed by atoms with Crippen LogP contribution in [0, 0.1) is 0 Å². The predicted molar refractivity (Wildman–Crippen MR) is 326 cm³/mol.